The van der Waals surface area contributed by atoms with Crippen LogP contribution in [0.1, 0.15) is 65.2 Å². The first-order chi connectivity index (χ1) is 10.8. The molecule has 0 heterocycles. The number of carboxylic acid groups (broad SMARTS) is 2. The standard InChI is InChI=1S/C16H26O7/c1-3-5-7-9-11(13(17)18)15(21)23-16(22)12(14(19)20)10-8-6-4-2/h11-12H,3-10H2,1-2H3,(H,17,18)(H,19,20). The maximum absolute atomic E-state index is 11.8. The van der Waals surface area contributed by atoms with Gasteiger partial charge in [-0.05, 0) is 12.8 Å². The summed E-state index contributed by atoms with van der Waals surface area (Å²) in [5, 5.41) is 18.1. The fraction of sp³-hybridized carbons (Fsp3) is 0.750. The van der Waals surface area contributed by atoms with Gasteiger partial charge in [-0.25, -0.2) is 0 Å². The minimum atomic E-state index is -1.43. The fourth-order valence-electron chi connectivity index (χ4n) is 2.12. The smallest absolute Gasteiger partial charge is 0.327 e. The van der Waals surface area contributed by atoms with E-state index in [2.05, 4.69) is 4.74 Å². The van der Waals surface area contributed by atoms with Crippen molar-refractivity contribution in [2.75, 3.05) is 0 Å². The predicted molar refractivity (Wildman–Crippen MR) is 81.6 cm³/mol. The highest BCUT2D eigenvalue weighted by Gasteiger charge is 2.34. The van der Waals surface area contributed by atoms with Crippen LogP contribution in [0.4, 0.5) is 0 Å². The summed E-state index contributed by atoms with van der Waals surface area (Å²) in [6, 6.07) is 0. The normalized spacial score (nSPS) is 13.1. The lowest BCUT2D eigenvalue weighted by Gasteiger charge is -2.14. The first kappa shape index (κ1) is 21.1. The number of ether oxygens (including phenoxy) is 1. The average molecular weight is 330 g/mol. The Morgan fingerprint density at radius 1 is 0.739 bits per heavy atom. The maximum atomic E-state index is 11.8. The monoisotopic (exact) mass is 330 g/mol. The Labute approximate surface area is 136 Å². The van der Waals surface area contributed by atoms with E-state index in [0.717, 1.165) is 25.7 Å². The molecule has 0 aromatic heterocycles. The van der Waals surface area contributed by atoms with Gasteiger partial charge in [-0.2, -0.15) is 0 Å². The summed E-state index contributed by atoms with van der Waals surface area (Å²) in [6.45, 7) is 3.87. The number of carboxylic acids is 2. The van der Waals surface area contributed by atoms with Crippen LogP contribution in [0.25, 0.3) is 0 Å². The summed E-state index contributed by atoms with van der Waals surface area (Å²) in [5.74, 6) is -7.96. The average Bonchev–Trinajstić information content (AvgIpc) is 2.46. The molecule has 2 unspecified atom stereocenters. The summed E-state index contributed by atoms with van der Waals surface area (Å²) in [4.78, 5) is 45.9. The van der Waals surface area contributed by atoms with Crippen LogP contribution < -0.4 is 0 Å². The van der Waals surface area contributed by atoms with Crippen molar-refractivity contribution in [2.24, 2.45) is 11.8 Å². The number of aliphatic carboxylic acids is 2. The molecule has 23 heavy (non-hydrogen) atoms. The molecule has 0 aromatic carbocycles. The number of unbranched alkanes of at least 4 members (excludes halogenated alkanes) is 4. The van der Waals surface area contributed by atoms with Crippen LogP contribution in [-0.2, 0) is 23.9 Å². The molecule has 0 saturated heterocycles. The molecule has 0 fully saturated rings. The van der Waals surface area contributed by atoms with Gasteiger partial charge in [0.25, 0.3) is 0 Å². The zero-order chi connectivity index (χ0) is 17.8. The van der Waals surface area contributed by atoms with Crippen LogP contribution in [0.3, 0.4) is 0 Å². The van der Waals surface area contributed by atoms with Crippen LogP contribution in [0.5, 0.6) is 0 Å². The largest absolute Gasteiger partial charge is 0.481 e. The molecular formula is C16H26O7. The summed E-state index contributed by atoms with van der Waals surface area (Å²) in [7, 11) is 0. The van der Waals surface area contributed by atoms with Crippen molar-refractivity contribution in [2.45, 2.75) is 65.2 Å². The van der Waals surface area contributed by atoms with Gasteiger partial charge >= 0.3 is 23.9 Å². The third kappa shape index (κ3) is 8.32. The van der Waals surface area contributed by atoms with Crippen LogP contribution in [-0.4, -0.2) is 34.1 Å². The van der Waals surface area contributed by atoms with E-state index in [1.807, 2.05) is 13.8 Å². The Kier molecular flexibility index (Phi) is 10.7. The van der Waals surface area contributed by atoms with Crippen molar-refractivity contribution in [3.63, 3.8) is 0 Å². The summed E-state index contributed by atoms with van der Waals surface area (Å²) in [6.07, 6.45) is 4.44. The van der Waals surface area contributed by atoms with Crippen molar-refractivity contribution in [3.05, 3.63) is 0 Å². The van der Waals surface area contributed by atoms with E-state index < -0.39 is 35.7 Å². The van der Waals surface area contributed by atoms with Gasteiger partial charge < -0.3 is 14.9 Å². The zero-order valence-corrected chi connectivity index (χ0v) is 13.7. The molecule has 0 aliphatic carbocycles. The molecule has 7 nitrogen and oxygen atoms in total. The van der Waals surface area contributed by atoms with Gasteiger partial charge in [0.05, 0.1) is 0 Å². The van der Waals surface area contributed by atoms with Crippen molar-refractivity contribution in [1.29, 1.82) is 0 Å². The predicted octanol–water partition coefficient (Wildman–Crippen LogP) is 2.62. The minimum Gasteiger partial charge on any atom is -0.481 e. The minimum absolute atomic E-state index is 0.0723. The van der Waals surface area contributed by atoms with E-state index in [0.29, 0.717) is 12.8 Å². The van der Waals surface area contributed by atoms with Crippen molar-refractivity contribution < 1.29 is 34.1 Å². The number of carbonyl (C=O) groups is 4. The molecule has 0 radical (unpaired) electrons. The Balaban J connectivity index is 4.69. The fourth-order valence-corrected chi connectivity index (χ4v) is 2.12. The van der Waals surface area contributed by atoms with E-state index >= 15 is 0 Å². The molecule has 0 aliphatic heterocycles. The number of hydrogen-bond donors (Lipinski definition) is 2. The third-order valence-electron chi connectivity index (χ3n) is 3.56. The Bertz CT molecular complexity index is 379. The van der Waals surface area contributed by atoms with E-state index in [1.54, 1.807) is 0 Å². The zero-order valence-electron chi connectivity index (χ0n) is 13.7. The van der Waals surface area contributed by atoms with Gasteiger partial charge in [0.15, 0.2) is 11.8 Å². The Morgan fingerprint density at radius 2 is 1.09 bits per heavy atom. The van der Waals surface area contributed by atoms with E-state index in [4.69, 9.17) is 10.2 Å². The van der Waals surface area contributed by atoms with E-state index in [-0.39, 0.29) is 12.8 Å². The number of carbonyl (C=O) groups excluding carboxylic acids is 2. The van der Waals surface area contributed by atoms with Gasteiger partial charge in [-0.15, -0.1) is 0 Å². The molecule has 0 spiro atoms. The number of esters is 2. The molecule has 0 aliphatic rings. The summed E-state index contributed by atoms with van der Waals surface area (Å²) < 4.78 is 4.52. The van der Waals surface area contributed by atoms with Crippen molar-refractivity contribution in [3.8, 4) is 0 Å². The lowest BCUT2D eigenvalue weighted by molar-refractivity contribution is -0.171. The third-order valence-corrected chi connectivity index (χ3v) is 3.56. The first-order valence-corrected chi connectivity index (χ1v) is 8.06. The summed E-state index contributed by atoms with van der Waals surface area (Å²) in [5.41, 5.74) is 0. The van der Waals surface area contributed by atoms with Gasteiger partial charge in [-0.1, -0.05) is 52.4 Å². The van der Waals surface area contributed by atoms with Gasteiger partial charge in [0.1, 0.15) is 0 Å². The Hall–Kier alpha value is -1.92. The quantitative estimate of drug-likeness (QED) is 0.321. The molecule has 2 N–H and O–H groups in total. The molecule has 0 aromatic rings. The summed E-state index contributed by atoms with van der Waals surface area (Å²) >= 11 is 0. The molecule has 2 atom stereocenters. The second kappa shape index (κ2) is 11.6. The van der Waals surface area contributed by atoms with Gasteiger partial charge in [0.2, 0.25) is 0 Å². The van der Waals surface area contributed by atoms with Crippen molar-refractivity contribution in [1.82, 2.24) is 0 Å². The maximum Gasteiger partial charge on any atom is 0.327 e. The van der Waals surface area contributed by atoms with E-state index in [1.165, 1.54) is 0 Å². The molecular weight excluding hydrogens is 304 g/mol. The van der Waals surface area contributed by atoms with Gasteiger partial charge in [-0.3, -0.25) is 19.2 Å². The molecule has 132 valence electrons. The van der Waals surface area contributed by atoms with Crippen LogP contribution in [0.15, 0.2) is 0 Å². The second-order valence-electron chi connectivity index (χ2n) is 5.51. The molecule has 0 saturated carbocycles. The van der Waals surface area contributed by atoms with Crippen molar-refractivity contribution >= 4 is 23.9 Å². The van der Waals surface area contributed by atoms with Gasteiger partial charge in [0, 0.05) is 0 Å². The lowest BCUT2D eigenvalue weighted by Crippen LogP contribution is -2.33. The highest BCUT2D eigenvalue weighted by molar-refractivity contribution is 6.02. The molecule has 0 rings (SSSR count). The highest BCUT2D eigenvalue weighted by Crippen LogP contribution is 2.16. The Morgan fingerprint density at radius 3 is 1.35 bits per heavy atom. The van der Waals surface area contributed by atoms with Crippen LogP contribution in [0, 0.1) is 11.8 Å². The second-order valence-corrected chi connectivity index (χ2v) is 5.51. The lowest BCUT2D eigenvalue weighted by atomic mass is 10.0. The van der Waals surface area contributed by atoms with Crippen LogP contribution in [0.2, 0.25) is 0 Å². The van der Waals surface area contributed by atoms with Crippen LogP contribution >= 0.6 is 0 Å². The molecule has 0 bridgehead atoms. The number of rotatable bonds is 12. The molecule has 7 heteroatoms. The highest BCUT2D eigenvalue weighted by atomic mass is 16.6. The number of hydrogen-bond acceptors (Lipinski definition) is 5. The SMILES string of the molecule is CCCCCC(C(=O)O)C(=O)OC(=O)C(CCCCC)C(=O)O. The molecule has 0 amide bonds. The first-order valence-electron chi connectivity index (χ1n) is 8.06. The topological polar surface area (TPSA) is 118 Å². The van der Waals surface area contributed by atoms with E-state index in [9.17, 15) is 19.2 Å².